The molecule has 100 valence electrons. The zero-order chi connectivity index (χ0) is 14.0. The Morgan fingerprint density at radius 2 is 2.21 bits per heavy atom. The first-order valence-corrected chi connectivity index (χ1v) is 6.77. The van der Waals surface area contributed by atoms with Gasteiger partial charge in [0.05, 0.1) is 4.92 Å². The summed E-state index contributed by atoms with van der Waals surface area (Å²) in [5.74, 6) is 1.40. The van der Waals surface area contributed by atoms with Gasteiger partial charge in [-0.2, -0.15) is 0 Å². The Labute approximate surface area is 118 Å². The van der Waals surface area contributed by atoms with Crippen molar-refractivity contribution in [1.82, 2.24) is 14.8 Å². The molecule has 8 heteroatoms. The summed E-state index contributed by atoms with van der Waals surface area (Å²) in [7, 11) is 1.88. The third-order valence-corrected chi connectivity index (χ3v) is 4.04. The Bertz CT molecular complexity index is 629. The van der Waals surface area contributed by atoms with E-state index in [1.807, 2.05) is 18.5 Å². The van der Waals surface area contributed by atoms with Gasteiger partial charge in [0, 0.05) is 18.9 Å². The van der Waals surface area contributed by atoms with Crippen molar-refractivity contribution in [2.24, 2.45) is 7.05 Å². The largest absolute Gasteiger partial charge is 0.309 e. The van der Waals surface area contributed by atoms with Crippen LogP contribution in [-0.2, 0) is 12.8 Å². The van der Waals surface area contributed by atoms with Crippen LogP contribution in [0.2, 0.25) is 5.02 Å². The molecule has 0 amide bonds. The van der Waals surface area contributed by atoms with E-state index in [9.17, 15) is 10.1 Å². The van der Waals surface area contributed by atoms with Crippen LogP contribution in [-0.4, -0.2) is 19.7 Å². The summed E-state index contributed by atoms with van der Waals surface area (Å²) in [6, 6.07) is 4.79. The lowest BCUT2D eigenvalue weighted by Gasteiger charge is -2.03. The number of nitro benzene ring substituents is 1. The molecular formula is C11H11ClN4O2S. The van der Waals surface area contributed by atoms with Crippen LogP contribution in [0.3, 0.4) is 0 Å². The number of hydrogen-bond acceptors (Lipinski definition) is 5. The zero-order valence-electron chi connectivity index (χ0n) is 10.3. The third-order valence-electron chi connectivity index (χ3n) is 2.63. The molecule has 0 aliphatic rings. The minimum absolute atomic E-state index is 0.0751. The van der Waals surface area contributed by atoms with Crippen LogP contribution in [0, 0.1) is 17.0 Å². The SMILES string of the molecule is Cc1nnc(SCc2ccc(Cl)c([N+](=O)[O-])c2)n1C. The number of aromatic nitrogens is 3. The maximum absolute atomic E-state index is 10.8. The summed E-state index contributed by atoms with van der Waals surface area (Å²) in [5, 5.41) is 19.7. The van der Waals surface area contributed by atoms with Gasteiger partial charge in [-0.25, -0.2) is 0 Å². The van der Waals surface area contributed by atoms with Crippen molar-refractivity contribution < 1.29 is 4.92 Å². The van der Waals surface area contributed by atoms with E-state index in [1.54, 1.807) is 6.07 Å². The molecule has 19 heavy (non-hydrogen) atoms. The van der Waals surface area contributed by atoms with E-state index in [-0.39, 0.29) is 10.7 Å². The van der Waals surface area contributed by atoms with Gasteiger partial charge < -0.3 is 4.57 Å². The highest BCUT2D eigenvalue weighted by Gasteiger charge is 2.13. The molecule has 1 aromatic carbocycles. The second-order valence-electron chi connectivity index (χ2n) is 3.92. The van der Waals surface area contributed by atoms with Crippen LogP contribution in [0.1, 0.15) is 11.4 Å². The van der Waals surface area contributed by atoms with Crippen LogP contribution >= 0.6 is 23.4 Å². The van der Waals surface area contributed by atoms with Crippen molar-refractivity contribution in [2.45, 2.75) is 17.8 Å². The highest BCUT2D eigenvalue weighted by molar-refractivity contribution is 7.98. The Balaban J connectivity index is 2.14. The van der Waals surface area contributed by atoms with Gasteiger partial charge >= 0.3 is 0 Å². The second-order valence-corrected chi connectivity index (χ2v) is 5.27. The first-order valence-electron chi connectivity index (χ1n) is 5.40. The summed E-state index contributed by atoms with van der Waals surface area (Å²) >= 11 is 7.23. The molecule has 1 aromatic heterocycles. The maximum atomic E-state index is 10.8. The fourth-order valence-corrected chi connectivity index (χ4v) is 2.54. The molecule has 0 unspecified atom stereocenters. The molecule has 0 saturated heterocycles. The number of benzene rings is 1. The first-order chi connectivity index (χ1) is 8.99. The number of nitrogens with zero attached hydrogens (tertiary/aromatic N) is 4. The molecular weight excluding hydrogens is 288 g/mol. The number of aryl methyl sites for hydroxylation is 1. The Hall–Kier alpha value is -1.60. The maximum Gasteiger partial charge on any atom is 0.288 e. The Kier molecular flexibility index (Phi) is 4.06. The van der Waals surface area contributed by atoms with E-state index in [1.165, 1.54) is 23.9 Å². The molecule has 6 nitrogen and oxygen atoms in total. The van der Waals surface area contributed by atoms with Gasteiger partial charge in [0.25, 0.3) is 5.69 Å². The van der Waals surface area contributed by atoms with Gasteiger partial charge in [-0.05, 0) is 18.6 Å². The summed E-state index contributed by atoms with van der Waals surface area (Å²) in [6.45, 7) is 1.87. The topological polar surface area (TPSA) is 73.8 Å². The molecule has 2 aromatic rings. The third kappa shape index (κ3) is 3.05. The minimum Gasteiger partial charge on any atom is -0.309 e. The monoisotopic (exact) mass is 298 g/mol. The number of hydrogen-bond donors (Lipinski definition) is 0. The van der Waals surface area contributed by atoms with E-state index in [2.05, 4.69) is 10.2 Å². The van der Waals surface area contributed by atoms with Gasteiger partial charge in [-0.15, -0.1) is 10.2 Å². The van der Waals surface area contributed by atoms with E-state index in [0.29, 0.717) is 5.75 Å². The molecule has 0 radical (unpaired) electrons. The number of rotatable bonds is 4. The minimum atomic E-state index is -0.483. The van der Waals surface area contributed by atoms with Gasteiger partial charge in [0.2, 0.25) is 0 Å². The number of nitro groups is 1. The van der Waals surface area contributed by atoms with Crippen molar-refractivity contribution in [3.8, 4) is 0 Å². The average molecular weight is 299 g/mol. The van der Waals surface area contributed by atoms with Gasteiger partial charge in [-0.1, -0.05) is 29.4 Å². The smallest absolute Gasteiger partial charge is 0.288 e. The van der Waals surface area contributed by atoms with E-state index >= 15 is 0 Å². The number of thioether (sulfide) groups is 1. The molecule has 0 atom stereocenters. The molecule has 2 rings (SSSR count). The van der Waals surface area contributed by atoms with Crippen molar-refractivity contribution in [3.63, 3.8) is 0 Å². The average Bonchev–Trinajstić information content (AvgIpc) is 2.69. The number of halogens is 1. The normalized spacial score (nSPS) is 10.7. The van der Waals surface area contributed by atoms with Crippen LogP contribution in [0.4, 0.5) is 5.69 Å². The lowest BCUT2D eigenvalue weighted by atomic mass is 10.2. The fraction of sp³-hybridized carbons (Fsp3) is 0.273. The van der Waals surface area contributed by atoms with Gasteiger partial charge in [-0.3, -0.25) is 10.1 Å². The molecule has 1 heterocycles. The summed E-state index contributed by atoms with van der Waals surface area (Å²) in [4.78, 5) is 10.3. The van der Waals surface area contributed by atoms with E-state index in [4.69, 9.17) is 11.6 Å². The molecule has 0 spiro atoms. The summed E-state index contributed by atoms with van der Waals surface area (Å²) < 4.78 is 1.87. The predicted molar refractivity (Wildman–Crippen MR) is 73.4 cm³/mol. The molecule has 0 fully saturated rings. The van der Waals surface area contributed by atoms with Crippen LogP contribution in [0.15, 0.2) is 23.4 Å². The fourth-order valence-electron chi connectivity index (χ4n) is 1.45. The van der Waals surface area contributed by atoms with Crippen LogP contribution < -0.4 is 0 Å². The van der Waals surface area contributed by atoms with E-state index < -0.39 is 4.92 Å². The van der Waals surface area contributed by atoms with E-state index in [0.717, 1.165) is 16.5 Å². The van der Waals surface area contributed by atoms with Crippen LogP contribution in [0.5, 0.6) is 0 Å². The summed E-state index contributed by atoms with van der Waals surface area (Å²) in [5.41, 5.74) is 0.746. The first kappa shape index (κ1) is 13.8. The van der Waals surface area contributed by atoms with Crippen LogP contribution in [0.25, 0.3) is 0 Å². The highest BCUT2D eigenvalue weighted by Crippen LogP contribution is 2.28. The van der Waals surface area contributed by atoms with Gasteiger partial charge in [0.1, 0.15) is 10.8 Å². The molecule has 0 N–H and O–H groups in total. The quantitative estimate of drug-likeness (QED) is 0.493. The lowest BCUT2D eigenvalue weighted by Crippen LogP contribution is -1.94. The highest BCUT2D eigenvalue weighted by atomic mass is 35.5. The van der Waals surface area contributed by atoms with Crippen molar-refractivity contribution in [2.75, 3.05) is 0 Å². The van der Waals surface area contributed by atoms with Crippen molar-refractivity contribution >= 4 is 29.1 Å². The lowest BCUT2D eigenvalue weighted by molar-refractivity contribution is -0.384. The second kappa shape index (κ2) is 5.58. The molecule has 0 bridgehead atoms. The molecule has 0 aliphatic carbocycles. The molecule has 0 aliphatic heterocycles. The van der Waals surface area contributed by atoms with Crippen molar-refractivity contribution in [3.05, 3.63) is 44.7 Å². The van der Waals surface area contributed by atoms with Gasteiger partial charge in [0.15, 0.2) is 5.16 Å². The Morgan fingerprint density at radius 1 is 1.47 bits per heavy atom. The predicted octanol–water partition coefficient (Wildman–Crippen LogP) is 2.98. The summed E-state index contributed by atoms with van der Waals surface area (Å²) in [6.07, 6.45) is 0. The molecule has 0 saturated carbocycles. The van der Waals surface area contributed by atoms with Crippen molar-refractivity contribution in [1.29, 1.82) is 0 Å². The Morgan fingerprint density at radius 3 is 2.79 bits per heavy atom. The zero-order valence-corrected chi connectivity index (χ0v) is 11.9. The standard InChI is InChI=1S/C11H11ClN4O2S/c1-7-13-14-11(15(7)2)19-6-8-3-4-9(12)10(5-8)16(17)18/h3-5H,6H2,1-2H3.